The maximum Gasteiger partial charge on any atom is 0.328 e. The third kappa shape index (κ3) is 7.52. The maximum atomic E-state index is 11.5. The SMILES string of the molecule is C=CCOCC(=O)N[C@@H](CC(C)C)C(=O)OC. The topological polar surface area (TPSA) is 64.6 Å². The Balaban J connectivity index is 4.17. The molecule has 0 aliphatic rings. The van der Waals surface area contributed by atoms with Gasteiger partial charge in [-0.3, -0.25) is 4.79 Å². The molecule has 0 spiro atoms. The highest BCUT2D eigenvalue weighted by molar-refractivity contribution is 5.85. The Hall–Kier alpha value is -1.36. The van der Waals surface area contributed by atoms with Crippen LogP contribution in [0.2, 0.25) is 0 Å². The molecule has 0 aliphatic heterocycles. The first kappa shape index (κ1) is 15.6. The summed E-state index contributed by atoms with van der Waals surface area (Å²) in [4.78, 5) is 22.9. The first-order chi connectivity index (χ1) is 8.01. The number of hydrogen-bond acceptors (Lipinski definition) is 4. The van der Waals surface area contributed by atoms with Gasteiger partial charge in [0.2, 0.25) is 5.91 Å². The predicted molar refractivity (Wildman–Crippen MR) is 64.4 cm³/mol. The van der Waals surface area contributed by atoms with E-state index in [1.165, 1.54) is 7.11 Å². The van der Waals surface area contributed by atoms with Gasteiger partial charge in [0.25, 0.3) is 0 Å². The number of hydrogen-bond donors (Lipinski definition) is 1. The number of esters is 1. The van der Waals surface area contributed by atoms with E-state index in [0.717, 1.165) is 0 Å². The molecule has 0 unspecified atom stereocenters. The van der Waals surface area contributed by atoms with Crippen molar-refractivity contribution >= 4 is 11.9 Å². The molecule has 0 fully saturated rings. The number of ether oxygens (including phenoxy) is 2. The largest absolute Gasteiger partial charge is 0.467 e. The fraction of sp³-hybridized carbons (Fsp3) is 0.667. The van der Waals surface area contributed by atoms with Gasteiger partial charge in [-0.2, -0.15) is 0 Å². The summed E-state index contributed by atoms with van der Waals surface area (Å²) in [5.41, 5.74) is 0. The molecule has 0 radical (unpaired) electrons. The molecule has 0 aromatic carbocycles. The van der Waals surface area contributed by atoms with E-state index in [1.54, 1.807) is 6.08 Å². The van der Waals surface area contributed by atoms with Crippen LogP contribution in [0.4, 0.5) is 0 Å². The van der Waals surface area contributed by atoms with Crippen LogP contribution in [0.5, 0.6) is 0 Å². The van der Waals surface area contributed by atoms with Gasteiger partial charge in [-0.25, -0.2) is 4.79 Å². The van der Waals surface area contributed by atoms with Crippen LogP contribution >= 0.6 is 0 Å². The van der Waals surface area contributed by atoms with E-state index in [1.807, 2.05) is 13.8 Å². The van der Waals surface area contributed by atoms with Crippen LogP contribution in [0, 0.1) is 5.92 Å². The van der Waals surface area contributed by atoms with E-state index < -0.39 is 12.0 Å². The van der Waals surface area contributed by atoms with Crippen LogP contribution < -0.4 is 5.32 Å². The van der Waals surface area contributed by atoms with Crippen LogP contribution in [0.1, 0.15) is 20.3 Å². The van der Waals surface area contributed by atoms with E-state index in [9.17, 15) is 9.59 Å². The molecular weight excluding hydrogens is 222 g/mol. The molecule has 5 nitrogen and oxygen atoms in total. The van der Waals surface area contributed by atoms with Crippen molar-refractivity contribution in [2.24, 2.45) is 5.92 Å². The van der Waals surface area contributed by atoms with Gasteiger partial charge in [-0.15, -0.1) is 6.58 Å². The zero-order valence-corrected chi connectivity index (χ0v) is 10.7. The third-order valence-corrected chi connectivity index (χ3v) is 2.00. The summed E-state index contributed by atoms with van der Waals surface area (Å²) in [5, 5.41) is 2.59. The second kappa shape index (κ2) is 8.75. The van der Waals surface area contributed by atoms with E-state index in [4.69, 9.17) is 4.74 Å². The van der Waals surface area contributed by atoms with Gasteiger partial charge in [-0.05, 0) is 12.3 Å². The van der Waals surface area contributed by atoms with Crippen molar-refractivity contribution in [1.82, 2.24) is 5.32 Å². The molecule has 0 saturated carbocycles. The van der Waals surface area contributed by atoms with Gasteiger partial charge < -0.3 is 14.8 Å². The van der Waals surface area contributed by atoms with Crippen LogP contribution in [-0.4, -0.2) is 38.2 Å². The average Bonchev–Trinajstić information content (AvgIpc) is 2.27. The Kier molecular flexibility index (Phi) is 8.05. The molecule has 0 bridgehead atoms. The van der Waals surface area contributed by atoms with Crippen LogP contribution in [0.25, 0.3) is 0 Å². The number of carbonyl (C=O) groups excluding carboxylic acids is 2. The lowest BCUT2D eigenvalue weighted by Gasteiger charge is -2.18. The summed E-state index contributed by atoms with van der Waals surface area (Å²) in [6.07, 6.45) is 2.10. The zero-order valence-electron chi connectivity index (χ0n) is 10.7. The molecule has 1 atom stereocenters. The van der Waals surface area contributed by atoms with Gasteiger partial charge >= 0.3 is 5.97 Å². The van der Waals surface area contributed by atoms with E-state index in [0.29, 0.717) is 13.0 Å². The van der Waals surface area contributed by atoms with Gasteiger partial charge in [0.1, 0.15) is 12.6 Å². The standard InChI is InChI=1S/C12H21NO4/c1-5-6-17-8-11(14)13-10(7-9(2)3)12(15)16-4/h5,9-10H,1,6-8H2,2-4H3,(H,13,14)/t10-/m0/s1. The van der Waals surface area contributed by atoms with Gasteiger partial charge in [0.15, 0.2) is 0 Å². The Morgan fingerprint density at radius 2 is 2.06 bits per heavy atom. The Bertz CT molecular complexity index is 263. The van der Waals surface area contributed by atoms with Gasteiger partial charge in [-0.1, -0.05) is 19.9 Å². The van der Waals surface area contributed by atoms with Crippen molar-refractivity contribution < 1.29 is 19.1 Å². The van der Waals surface area contributed by atoms with Crippen LogP contribution in [-0.2, 0) is 19.1 Å². The predicted octanol–water partition coefficient (Wildman–Crippen LogP) is 0.893. The van der Waals surface area contributed by atoms with Crippen molar-refractivity contribution in [2.45, 2.75) is 26.3 Å². The minimum absolute atomic E-state index is 0.0857. The monoisotopic (exact) mass is 243 g/mol. The quantitative estimate of drug-likeness (QED) is 0.391. The summed E-state index contributed by atoms with van der Waals surface area (Å²) < 4.78 is 9.61. The summed E-state index contributed by atoms with van der Waals surface area (Å²) in [6, 6.07) is -0.611. The Morgan fingerprint density at radius 3 is 2.53 bits per heavy atom. The normalized spacial score (nSPS) is 12.0. The lowest BCUT2D eigenvalue weighted by atomic mass is 10.0. The highest BCUT2D eigenvalue weighted by atomic mass is 16.5. The molecule has 0 aromatic heterocycles. The smallest absolute Gasteiger partial charge is 0.328 e. The third-order valence-electron chi connectivity index (χ3n) is 2.00. The van der Waals surface area contributed by atoms with Crippen LogP contribution in [0.3, 0.4) is 0 Å². The highest BCUT2D eigenvalue weighted by Crippen LogP contribution is 2.06. The van der Waals surface area contributed by atoms with Crippen molar-refractivity contribution in [2.75, 3.05) is 20.3 Å². The number of rotatable bonds is 8. The van der Waals surface area contributed by atoms with Crippen molar-refractivity contribution in [3.8, 4) is 0 Å². The highest BCUT2D eigenvalue weighted by Gasteiger charge is 2.22. The van der Waals surface area contributed by atoms with E-state index in [-0.39, 0.29) is 18.4 Å². The summed E-state index contributed by atoms with van der Waals surface area (Å²) >= 11 is 0. The van der Waals surface area contributed by atoms with Crippen molar-refractivity contribution in [3.63, 3.8) is 0 Å². The first-order valence-electron chi connectivity index (χ1n) is 5.57. The second-order valence-electron chi connectivity index (χ2n) is 4.08. The lowest BCUT2D eigenvalue weighted by molar-refractivity contribution is -0.146. The Morgan fingerprint density at radius 1 is 1.41 bits per heavy atom. The number of nitrogens with one attached hydrogen (secondary N) is 1. The average molecular weight is 243 g/mol. The molecule has 17 heavy (non-hydrogen) atoms. The fourth-order valence-corrected chi connectivity index (χ4v) is 1.30. The molecular formula is C12H21NO4. The lowest BCUT2D eigenvalue weighted by Crippen LogP contribution is -2.43. The molecule has 0 aliphatic carbocycles. The van der Waals surface area contributed by atoms with Gasteiger partial charge in [0.05, 0.1) is 13.7 Å². The van der Waals surface area contributed by atoms with Crippen LogP contribution in [0.15, 0.2) is 12.7 Å². The minimum Gasteiger partial charge on any atom is -0.467 e. The number of methoxy groups -OCH3 is 1. The second-order valence-corrected chi connectivity index (χ2v) is 4.08. The summed E-state index contributed by atoms with van der Waals surface area (Å²) in [6.45, 7) is 7.63. The summed E-state index contributed by atoms with van der Waals surface area (Å²) in [5.74, 6) is -0.479. The molecule has 0 heterocycles. The fourth-order valence-electron chi connectivity index (χ4n) is 1.30. The Labute approximate surface area is 102 Å². The molecule has 0 saturated heterocycles. The molecule has 98 valence electrons. The molecule has 0 rings (SSSR count). The van der Waals surface area contributed by atoms with Crippen molar-refractivity contribution in [1.29, 1.82) is 0 Å². The van der Waals surface area contributed by atoms with Crippen molar-refractivity contribution in [3.05, 3.63) is 12.7 Å². The molecule has 5 heteroatoms. The first-order valence-corrected chi connectivity index (χ1v) is 5.57. The van der Waals surface area contributed by atoms with E-state index in [2.05, 4.69) is 16.6 Å². The molecule has 0 aromatic rings. The summed E-state index contributed by atoms with van der Waals surface area (Å²) in [7, 11) is 1.30. The zero-order chi connectivity index (χ0) is 13.3. The number of carbonyl (C=O) groups is 2. The minimum atomic E-state index is -0.611. The molecule has 1 amide bonds. The maximum absolute atomic E-state index is 11.5. The molecule has 1 N–H and O–H groups in total. The van der Waals surface area contributed by atoms with Gasteiger partial charge in [0, 0.05) is 0 Å². The van der Waals surface area contributed by atoms with E-state index >= 15 is 0 Å². The number of amides is 1.